The van der Waals surface area contributed by atoms with Crippen LogP contribution in [-0.4, -0.2) is 27.8 Å². The second-order valence-corrected chi connectivity index (χ2v) is 4.74. The van der Waals surface area contributed by atoms with Crippen LogP contribution in [0.3, 0.4) is 0 Å². The maximum atomic E-state index is 12.6. The molecule has 0 aliphatic rings. The number of nitrogens with zero attached hydrogens (tertiary/aromatic N) is 3. The van der Waals surface area contributed by atoms with Gasteiger partial charge in [0.1, 0.15) is 12.3 Å². The molecular weight excluding hydrogens is 295 g/mol. The molecule has 0 aliphatic heterocycles. The molecule has 0 amide bonds. The topological polar surface area (TPSA) is 39.9 Å². The third kappa shape index (κ3) is 2.74. The molecule has 2 aromatic heterocycles. The average molecular weight is 307 g/mol. The third-order valence-electron chi connectivity index (χ3n) is 3.24. The Morgan fingerprint density at radius 3 is 2.73 bits per heavy atom. The third-order valence-corrected chi connectivity index (χ3v) is 3.24. The molecule has 2 heterocycles. The number of hydrogen-bond acceptors (Lipinski definition) is 3. The van der Waals surface area contributed by atoms with Crippen molar-refractivity contribution in [2.24, 2.45) is 0 Å². The number of benzene rings is 1. The highest BCUT2D eigenvalue weighted by atomic mass is 19.4. The number of fused-ring (bicyclic) bond motifs is 1. The minimum atomic E-state index is -4.29. The minimum absolute atomic E-state index is 0.416. The van der Waals surface area contributed by atoms with E-state index in [-0.39, 0.29) is 0 Å². The number of methoxy groups -OCH3 is 1. The Labute approximate surface area is 124 Å². The van der Waals surface area contributed by atoms with Crippen molar-refractivity contribution in [3.05, 3.63) is 42.9 Å². The lowest BCUT2D eigenvalue weighted by atomic mass is 10.1. The smallest absolute Gasteiger partial charge is 0.406 e. The van der Waals surface area contributed by atoms with Crippen molar-refractivity contribution < 1.29 is 17.9 Å². The van der Waals surface area contributed by atoms with Gasteiger partial charge in [0.15, 0.2) is 0 Å². The van der Waals surface area contributed by atoms with Crippen LogP contribution in [0, 0.1) is 0 Å². The number of alkyl halides is 3. The van der Waals surface area contributed by atoms with E-state index in [0.29, 0.717) is 28.0 Å². The highest BCUT2D eigenvalue weighted by molar-refractivity contribution is 5.91. The van der Waals surface area contributed by atoms with Gasteiger partial charge in [0.05, 0.1) is 30.2 Å². The normalized spacial score (nSPS) is 11.8. The zero-order chi connectivity index (χ0) is 15.7. The molecule has 114 valence electrons. The van der Waals surface area contributed by atoms with Crippen LogP contribution in [0.5, 0.6) is 5.75 Å². The molecule has 22 heavy (non-hydrogen) atoms. The Morgan fingerprint density at radius 1 is 1.18 bits per heavy atom. The Bertz CT molecular complexity index is 811. The molecule has 0 spiro atoms. The fraction of sp³-hybridized carbons (Fsp3) is 0.200. The molecule has 0 saturated carbocycles. The fourth-order valence-electron chi connectivity index (χ4n) is 2.30. The van der Waals surface area contributed by atoms with Crippen LogP contribution in [0.2, 0.25) is 0 Å². The quantitative estimate of drug-likeness (QED) is 0.741. The van der Waals surface area contributed by atoms with E-state index in [1.165, 1.54) is 13.4 Å². The van der Waals surface area contributed by atoms with Gasteiger partial charge in [-0.25, -0.2) is 4.98 Å². The van der Waals surface area contributed by atoms with E-state index in [1.807, 2.05) is 0 Å². The number of hydrogen-bond donors (Lipinski definition) is 0. The van der Waals surface area contributed by atoms with Gasteiger partial charge in [0, 0.05) is 17.8 Å². The molecular formula is C15H12F3N3O. The summed E-state index contributed by atoms with van der Waals surface area (Å²) >= 11 is 0. The van der Waals surface area contributed by atoms with Crippen LogP contribution < -0.4 is 4.74 Å². The molecule has 0 N–H and O–H groups in total. The summed E-state index contributed by atoms with van der Waals surface area (Å²) in [6.45, 7) is -1.07. The SMILES string of the molecule is COc1ccnc(-c2cccc3c2ncn3CC(F)(F)F)c1. The van der Waals surface area contributed by atoms with E-state index in [2.05, 4.69) is 9.97 Å². The Balaban J connectivity index is 2.11. The molecule has 0 atom stereocenters. The standard InChI is InChI=1S/C15H12F3N3O/c1-22-10-5-6-19-12(7-10)11-3-2-4-13-14(11)20-9-21(13)8-15(16,17)18/h2-7,9H,8H2,1H3. The summed E-state index contributed by atoms with van der Waals surface area (Å²) in [5, 5.41) is 0. The van der Waals surface area contributed by atoms with Gasteiger partial charge in [-0.1, -0.05) is 12.1 Å². The summed E-state index contributed by atoms with van der Waals surface area (Å²) in [4.78, 5) is 8.36. The molecule has 0 radical (unpaired) electrons. The molecule has 1 aromatic carbocycles. The van der Waals surface area contributed by atoms with Gasteiger partial charge in [-0.2, -0.15) is 13.2 Å². The summed E-state index contributed by atoms with van der Waals surface area (Å²) in [7, 11) is 1.54. The number of pyridine rings is 1. The number of para-hydroxylation sites is 1. The summed E-state index contributed by atoms with van der Waals surface area (Å²) in [6, 6.07) is 8.49. The van der Waals surface area contributed by atoms with E-state index >= 15 is 0 Å². The first-order chi connectivity index (χ1) is 10.5. The highest BCUT2D eigenvalue weighted by Gasteiger charge is 2.28. The van der Waals surface area contributed by atoms with Crippen molar-refractivity contribution in [1.29, 1.82) is 0 Å². The summed E-state index contributed by atoms with van der Waals surface area (Å²) in [6.07, 6.45) is -1.51. The monoisotopic (exact) mass is 307 g/mol. The summed E-state index contributed by atoms with van der Waals surface area (Å²) in [5.74, 6) is 0.622. The van der Waals surface area contributed by atoms with Crippen molar-refractivity contribution in [2.75, 3.05) is 7.11 Å². The first-order valence-corrected chi connectivity index (χ1v) is 6.49. The van der Waals surface area contributed by atoms with E-state index in [9.17, 15) is 13.2 Å². The molecule has 4 nitrogen and oxygen atoms in total. The van der Waals surface area contributed by atoms with E-state index in [0.717, 1.165) is 4.57 Å². The molecule has 7 heteroatoms. The van der Waals surface area contributed by atoms with Crippen molar-refractivity contribution in [2.45, 2.75) is 12.7 Å². The Morgan fingerprint density at radius 2 is 2.00 bits per heavy atom. The van der Waals surface area contributed by atoms with E-state index in [1.54, 1.807) is 36.5 Å². The Hall–Kier alpha value is -2.57. The number of imidazole rings is 1. The second-order valence-electron chi connectivity index (χ2n) is 4.74. The molecule has 0 unspecified atom stereocenters. The predicted molar refractivity (Wildman–Crippen MR) is 75.6 cm³/mol. The predicted octanol–water partition coefficient (Wildman–Crippen LogP) is 3.67. The zero-order valence-electron chi connectivity index (χ0n) is 11.6. The summed E-state index contributed by atoms with van der Waals surface area (Å²) in [5.41, 5.74) is 2.16. The molecule has 0 saturated heterocycles. The van der Waals surface area contributed by atoms with Crippen molar-refractivity contribution in [3.63, 3.8) is 0 Å². The number of ether oxygens (including phenoxy) is 1. The van der Waals surface area contributed by atoms with Crippen molar-refractivity contribution in [1.82, 2.24) is 14.5 Å². The first-order valence-electron chi connectivity index (χ1n) is 6.49. The van der Waals surface area contributed by atoms with Crippen molar-refractivity contribution in [3.8, 4) is 17.0 Å². The minimum Gasteiger partial charge on any atom is -0.497 e. The second kappa shape index (κ2) is 5.32. The number of halogens is 3. The zero-order valence-corrected chi connectivity index (χ0v) is 11.6. The van der Waals surface area contributed by atoms with Crippen molar-refractivity contribution >= 4 is 11.0 Å². The van der Waals surface area contributed by atoms with Gasteiger partial charge in [-0.3, -0.25) is 4.98 Å². The largest absolute Gasteiger partial charge is 0.497 e. The fourth-order valence-corrected chi connectivity index (χ4v) is 2.30. The van der Waals surface area contributed by atoms with Gasteiger partial charge in [0.2, 0.25) is 0 Å². The van der Waals surface area contributed by atoms with Crippen LogP contribution in [0.1, 0.15) is 0 Å². The molecule has 0 bridgehead atoms. The maximum Gasteiger partial charge on any atom is 0.406 e. The molecule has 3 aromatic rings. The van der Waals surface area contributed by atoms with E-state index < -0.39 is 12.7 Å². The van der Waals surface area contributed by atoms with Crippen LogP contribution in [0.4, 0.5) is 13.2 Å². The van der Waals surface area contributed by atoms with Crippen LogP contribution in [-0.2, 0) is 6.54 Å². The van der Waals surface area contributed by atoms with Gasteiger partial charge < -0.3 is 9.30 Å². The first kappa shape index (κ1) is 14.4. The van der Waals surface area contributed by atoms with Gasteiger partial charge in [0.25, 0.3) is 0 Å². The lowest BCUT2D eigenvalue weighted by Crippen LogP contribution is -2.16. The van der Waals surface area contributed by atoms with Crippen LogP contribution >= 0.6 is 0 Å². The molecule has 3 rings (SSSR count). The molecule has 0 fully saturated rings. The van der Waals surface area contributed by atoms with Gasteiger partial charge >= 0.3 is 6.18 Å². The van der Waals surface area contributed by atoms with Crippen LogP contribution in [0.25, 0.3) is 22.3 Å². The number of rotatable bonds is 3. The summed E-state index contributed by atoms with van der Waals surface area (Å²) < 4.78 is 44.0. The molecule has 0 aliphatic carbocycles. The average Bonchev–Trinajstić information content (AvgIpc) is 2.88. The van der Waals surface area contributed by atoms with Crippen LogP contribution in [0.15, 0.2) is 42.9 Å². The van der Waals surface area contributed by atoms with Gasteiger partial charge in [-0.05, 0) is 12.1 Å². The lowest BCUT2D eigenvalue weighted by Gasteiger charge is -2.09. The maximum absolute atomic E-state index is 12.6. The number of aromatic nitrogens is 3. The van der Waals surface area contributed by atoms with E-state index in [4.69, 9.17) is 4.74 Å². The lowest BCUT2D eigenvalue weighted by molar-refractivity contribution is -0.139. The highest BCUT2D eigenvalue weighted by Crippen LogP contribution is 2.29. The Kier molecular flexibility index (Phi) is 3.48. The van der Waals surface area contributed by atoms with Gasteiger partial charge in [-0.15, -0.1) is 0 Å².